The van der Waals surface area contributed by atoms with Gasteiger partial charge in [-0.25, -0.2) is 4.79 Å². The van der Waals surface area contributed by atoms with Crippen LogP contribution < -0.4 is 14.8 Å². The first-order valence-electron chi connectivity index (χ1n) is 25.4. The monoisotopic (exact) mass is 1050 g/mol. The molecule has 3 fully saturated rings. The number of carbonyl (C=O) groups excluding carboxylic acids is 3. The number of carboxylic acids is 1. The van der Waals surface area contributed by atoms with Crippen LogP contribution in [0, 0.1) is 30.6 Å². The molecule has 5 aliphatic rings. The van der Waals surface area contributed by atoms with Gasteiger partial charge in [-0.3, -0.25) is 24.3 Å². The van der Waals surface area contributed by atoms with Crippen LogP contribution in [0.25, 0.3) is 10.8 Å². The predicted molar refractivity (Wildman–Crippen MR) is 270 cm³/mol. The number of methoxy groups -OCH3 is 1. The summed E-state index contributed by atoms with van der Waals surface area (Å²) in [5.41, 5.74) is -1.10. The number of benzene rings is 2. The van der Waals surface area contributed by atoms with E-state index in [4.69, 9.17) is 33.5 Å². The van der Waals surface area contributed by atoms with Gasteiger partial charge in [-0.2, -0.15) is 5.10 Å². The number of nitrogens with one attached hydrogen (secondary N) is 1. The summed E-state index contributed by atoms with van der Waals surface area (Å²) in [6.07, 6.45) is -2.14. The Hall–Kier alpha value is -5.85. The van der Waals surface area contributed by atoms with Crippen LogP contribution >= 0.6 is 0 Å². The van der Waals surface area contributed by atoms with Crippen LogP contribution in [0.1, 0.15) is 95.6 Å². The molecule has 1 saturated carbocycles. The number of phenols is 2. The van der Waals surface area contributed by atoms with Gasteiger partial charge < -0.3 is 74.6 Å². The third kappa shape index (κ3) is 11.3. The maximum Gasteiger partial charge on any atom is 0.335 e. The number of ketones is 1. The van der Waals surface area contributed by atoms with Gasteiger partial charge in [0.05, 0.1) is 53.0 Å². The number of carboxylic acid groups (broad SMARTS) is 1. The number of amides is 1. The van der Waals surface area contributed by atoms with Gasteiger partial charge in [0.2, 0.25) is 6.29 Å². The molecule has 1 aliphatic carbocycles. The first-order chi connectivity index (χ1) is 35.4. The van der Waals surface area contributed by atoms with Gasteiger partial charge in [-0.05, 0) is 32.8 Å². The molecule has 7 rings (SSSR count). The Bertz CT molecular complexity index is 2610. The molecule has 2 aromatic carbocycles. The Morgan fingerprint density at radius 1 is 0.867 bits per heavy atom. The van der Waals surface area contributed by atoms with E-state index in [1.165, 1.54) is 59.2 Å². The van der Waals surface area contributed by atoms with Crippen molar-refractivity contribution in [2.45, 2.75) is 148 Å². The Balaban J connectivity index is 1.45. The summed E-state index contributed by atoms with van der Waals surface area (Å²) in [6, 6.07) is 0.444. The van der Waals surface area contributed by atoms with Gasteiger partial charge in [-0.15, -0.1) is 0 Å². The number of aliphatic carboxylic acids is 1. The van der Waals surface area contributed by atoms with Crippen LogP contribution in [-0.2, 0) is 33.3 Å². The van der Waals surface area contributed by atoms with Crippen LogP contribution in [-0.4, -0.2) is 181 Å². The van der Waals surface area contributed by atoms with E-state index < -0.39 is 142 Å². The van der Waals surface area contributed by atoms with E-state index in [0.29, 0.717) is 32.2 Å². The van der Waals surface area contributed by atoms with Crippen molar-refractivity contribution in [2.24, 2.45) is 28.8 Å². The Labute approximate surface area is 434 Å². The number of rotatable bonds is 8. The van der Waals surface area contributed by atoms with Crippen molar-refractivity contribution >= 4 is 46.3 Å². The van der Waals surface area contributed by atoms with Crippen LogP contribution in [0.3, 0.4) is 0 Å². The molecule has 22 heteroatoms. The van der Waals surface area contributed by atoms with Gasteiger partial charge in [0.1, 0.15) is 41.7 Å². The molecular formula is C53H72N4O18. The Kier molecular flexibility index (Phi) is 17.6. The van der Waals surface area contributed by atoms with Crippen molar-refractivity contribution in [2.75, 3.05) is 38.6 Å². The molecule has 4 heterocycles. The second-order valence-electron chi connectivity index (χ2n) is 20.6. The van der Waals surface area contributed by atoms with Gasteiger partial charge in [0.25, 0.3) is 11.7 Å². The molecule has 5 unspecified atom stereocenters. The van der Waals surface area contributed by atoms with E-state index in [0.717, 1.165) is 31.9 Å². The summed E-state index contributed by atoms with van der Waals surface area (Å²) < 4.78 is 36.0. The number of allylic oxidation sites excluding steroid dienone is 2. The molecule has 2 saturated heterocycles. The number of carbonyl (C=O) groups is 4. The number of aliphatic hydroxyl groups is 5. The maximum absolute atomic E-state index is 15.2. The molecular weight excluding hydrogens is 981 g/mol. The smallest absolute Gasteiger partial charge is 0.335 e. The molecule has 2 aromatic rings. The quantitative estimate of drug-likeness (QED) is 0.104. The molecule has 4 bridgehead atoms. The number of aliphatic hydroxyl groups excluding tert-OH is 5. The fourth-order valence-electron chi connectivity index (χ4n) is 10.8. The summed E-state index contributed by atoms with van der Waals surface area (Å²) in [4.78, 5) is 56.8. The van der Waals surface area contributed by atoms with E-state index in [-0.39, 0.29) is 28.0 Å². The van der Waals surface area contributed by atoms with E-state index in [2.05, 4.69) is 10.2 Å². The summed E-state index contributed by atoms with van der Waals surface area (Å²) in [5, 5.41) is 99.2. The number of hydrazone groups is 1. The first-order valence-corrected chi connectivity index (χ1v) is 25.4. The zero-order chi connectivity index (χ0) is 55.0. The highest BCUT2D eigenvalue weighted by Gasteiger charge is 2.52. The molecule has 412 valence electrons. The number of piperazine rings is 1. The molecule has 14 atom stereocenters. The average molecular weight is 1050 g/mol. The van der Waals surface area contributed by atoms with Gasteiger partial charge in [0.15, 0.2) is 11.9 Å². The van der Waals surface area contributed by atoms with Crippen molar-refractivity contribution in [1.29, 1.82) is 0 Å². The number of Topliss-reactive ketones (excluding diaryl/α,β-unsaturated/α-hetero) is 1. The zero-order valence-corrected chi connectivity index (χ0v) is 43.7. The SMILES string of the molecule is CO[C@H]1/C=C/O[C@@]2(C)Oc3c(C)c(O)c4c(O)c(c(/C=N/N5CCN(C6CCCC6)CC5)c(OC5OC(C(=O)O)C(O)C(O)C5O)c4c3C2=O)NC(=O)/C(C)=C\C=C\[C@H](C)[C@H](O)[C@@H](C)[C@@H](O)[C@@H](C)[C@H](OC(C)=O)[C@@H]1C. The number of nitrogens with zero attached hydrogens (tertiary/aromatic N) is 3. The van der Waals surface area contributed by atoms with E-state index in [1.807, 2.05) is 0 Å². The third-order valence-electron chi connectivity index (χ3n) is 15.5. The fourth-order valence-corrected chi connectivity index (χ4v) is 10.8. The minimum atomic E-state index is -2.25. The largest absolute Gasteiger partial charge is 0.507 e. The highest BCUT2D eigenvalue weighted by molar-refractivity contribution is 6.24. The topological polar surface area (TPSA) is 316 Å². The third-order valence-corrected chi connectivity index (χ3v) is 15.5. The van der Waals surface area contributed by atoms with Crippen LogP contribution in [0.2, 0.25) is 0 Å². The predicted octanol–water partition coefficient (Wildman–Crippen LogP) is 3.21. The number of phenolic OH excluding ortho intramolecular Hbond substituents is 2. The number of hydrogen-bond acceptors (Lipinski definition) is 20. The lowest BCUT2D eigenvalue weighted by atomic mass is 9.78. The molecule has 75 heavy (non-hydrogen) atoms. The molecule has 0 spiro atoms. The number of hydrogen-bond donors (Lipinski definition) is 9. The fraction of sp³-hybridized carbons (Fsp3) is 0.604. The highest BCUT2D eigenvalue weighted by atomic mass is 16.7. The summed E-state index contributed by atoms with van der Waals surface area (Å²) >= 11 is 0. The van der Waals surface area contributed by atoms with Crippen molar-refractivity contribution in [1.82, 2.24) is 9.91 Å². The minimum absolute atomic E-state index is 0.0502. The Morgan fingerprint density at radius 2 is 1.53 bits per heavy atom. The standard InChI is InChI=1S/C53H72N4O18/c1-24-13-12-14-25(2)50(67)55-37-32(23-54-57-20-18-56(19-21-57)31-15-10-11-16-31)47(73-52-44(65)42(63)43(64)48(74-52)51(68)69)34-35(41(37)62)40(61)29(6)46-36(34)49(66)53(8,75-46)71-22-17-33(70-9)26(3)45(72-30(7)58)28(5)39(60)27(4)38(24)59/h12-14,17,22-24,26-28,31,33,38-39,42-45,48,52,59-65H,10-11,15-16,18-21H2,1-9H3,(H,55,67)(H,68,69)/b13-12+,22-17+,25-14-,54-23+/t24-,26+,27+,28+,33-,38-,39+,42?,43?,44?,45+,48?,52?,53-/m0/s1. The number of anilines is 1. The average Bonchev–Trinajstić information content (AvgIpc) is 4.01. The number of ether oxygens (including phenoxy) is 6. The zero-order valence-electron chi connectivity index (χ0n) is 43.7. The highest BCUT2D eigenvalue weighted by Crippen LogP contribution is 2.56. The summed E-state index contributed by atoms with van der Waals surface area (Å²) in [5.74, 6) is -11.4. The molecule has 0 radical (unpaired) electrons. The van der Waals surface area contributed by atoms with Crippen LogP contribution in [0.15, 0.2) is 41.2 Å². The molecule has 22 nitrogen and oxygen atoms in total. The first kappa shape index (κ1) is 56.9. The van der Waals surface area contributed by atoms with Crippen LogP contribution in [0.4, 0.5) is 5.69 Å². The Morgan fingerprint density at radius 3 is 2.16 bits per heavy atom. The van der Waals surface area contributed by atoms with Gasteiger partial charge >= 0.3 is 17.7 Å². The van der Waals surface area contributed by atoms with Gasteiger partial charge in [0, 0.05) is 93.4 Å². The van der Waals surface area contributed by atoms with E-state index in [9.17, 15) is 55.2 Å². The van der Waals surface area contributed by atoms with Crippen molar-refractivity contribution < 1.29 is 88.5 Å². The number of esters is 1. The van der Waals surface area contributed by atoms with Crippen LogP contribution in [0.5, 0.6) is 23.0 Å². The molecule has 1 amide bonds. The normalized spacial score (nSPS) is 35.2. The minimum Gasteiger partial charge on any atom is -0.507 e. The van der Waals surface area contributed by atoms with Crippen molar-refractivity contribution in [3.63, 3.8) is 0 Å². The lowest BCUT2D eigenvalue weighted by Crippen LogP contribution is -2.61. The number of fused-ring (bicyclic) bond motifs is 3. The number of aromatic hydroxyl groups is 2. The maximum atomic E-state index is 15.2. The second-order valence-corrected chi connectivity index (χ2v) is 20.6. The lowest BCUT2D eigenvalue weighted by molar-refractivity contribution is -0.270. The van der Waals surface area contributed by atoms with E-state index in [1.54, 1.807) is 38.8 Å². The molecule has 0 aromatic heterocycles. The molecule has 9 N–H and O–H groups in total. The lowest BCUT2D eigenvalue weighted by Gasteiger charge is -2.39. The summed E-state index contributed by atoms with van der Waals surface area (Å²) in [7, 11) is 1.39. The van der Waals surface area contributed by atoms with Gasteiger partial charge in [-0.1, -0.05) is 58.8 Å². The summed E-state index contributed by atoms with van der Waals surface area (Å²) in [6.45, 7) is 14.3. The van der Waals surface area contributed by atoms with E-state index >= 15 is 4.79 Å². The van der Waals surface area contributed by atoms with Crippen molar-refractivity contribution in [3.05, 3.63) is 52.8 Å². The van der Waals surface area contributed by atoms with Crippen molar-refractivity contribution in [3.8, 4) is 23.0 Å². The molecule has 4 aliphatic heterocycles. The second kappa shape index (κ2) is 23.2.